The Morgan fingerprint density at radius 2 is 2.12 bits per heavy atom. The molecule has 0 spiro atoms. The predicted molar refractivity (Wildman–Crippen MR) is 88.5 cm³/mol. The molecule has 2 heterocycles. The van der Waals surface area contributed by atoms with Crippen molar-refractivity contribution in [2.75, 3.05) is 0 Å². The van der Waals surface area contributed by atoms with Crippen LogP contribution in [0.4, 0.5) is 0 Å². The minimum absolute atomic E-state index is 0.0957. The van der Waals surface area contributed by atoms with Crippen LogP contribution in [0.2, 0.25) is 0 Å². The van der Waals surface area contributed by atoms with Gasteiger partial charge in [-0.2, -0.15) is 10.4 Å². The van der Waals surface area contributed by atoms with Crippen LogP contribution >= 0.6 is 0 Å². The largest absolute Gasteiger partial charge is 0.462 e. The Kier molecular flexibility index (Phi) is 4.79. The van der Waals surface area contributed by atoms with Crippen molar-refractivity contribution in [1.82, 2.24) is 14.6 Å². The molecule has 126 valence electrons. The number of hydrogen-bond donors (Lipinski definition) is 0. The van der Waals surface area contributed by atoms with Gasteiger partial charge in [0.2, 0.25) is 0 Å². The van der Waals surface area contributed by atoms with E-state index < -0.39 is 0 Å². The maximum Gasteiger partial charge on any atom is 0.306 e. The van der Waals surface area contributed by atoms with E-state index in [4.69, 9.17) is 10.00 Å². The number of nitrogens with zero attached hydrogens (tertiary/aromatic N) is 4. The lowest BCUT2D eigenvalue weighted by molar-refractivity contribution is -0.150. The Labute approximate surface area is 141 Å². The first-order valence-corrected chi connectivity index (χ1v) is 8.53. The van der Waals surface area contributed by atoms with Crippen LogP contribution in [0.1, 0.15) is 61.0 Å². The Balaban J connectivity index is 1.71. The third kappa shape index (κ3) is 3.25. The predicted octanol–water partition coefficient (Wildman–Crippen LogP) is 3.03. The lowest BCUT2D eigenvalue weighted by Gasteiger charge is -2.22. The normalized spacial score (nSPS) is 15.4. The van der Waals surface area contributed by atoms with Crippen LogP contribution < -0.4 is 0 Å². The number of ether oxygens (including phenoxy) is 1. The molecule has 0 saturated heterocycles. The van der Waals surface area contributed by atoms with Crippen molar-refractivity contribution in [1.29, 1.82) is 5.26 Å². The van der Waals surface area contributed by atoms with E-state index in [9.17, 15) is 4.79 Å². The van der Waals surface area contributed by atoms with E-state index in [1.807, 2.05) is 13.8 Å². The van der Waals surface area contributed by atoms with E-state index in [-0.39, 0.29) is 12.1 Å². The minimum Gasteiger partial charge on any atom is -0.462 e. The molecule has 1 aliphatic carbocycles. The molecule has 2 aromatic heterocycles. The highest BCUT2D eigenvalue weighted by Crippen LogP contribution is 2.22. The standard InChI is InChI=1S/C18H22N4O2/c1-12-16(8-9-17(23)24-15-6-4-3-5-7-15)13(2)22-18(21-12)14(10-19)11-20-22/h11,15H,3-9H2,1-2H3. The van der Waals surface area contributed by atoms with Crippen molar-refractivity contribution in [3.63, 3.8) is 0 Å². The van der Waals surface area contributed by atoms with Crippen LogP contribution in [0, 0.1) is 25.2 Å². The van der Waals surface area contributed by atoms with E-state index in [0.29, 0.717) is 24.1 Å². The van der Waals surface area contributed by atoms with Gasteiger partial charge in [0.25, 0.3) is 0 Å². The smallest absolute Gasteiger partial charge is 0.306 e. The monoisotopic (exact) mass is 326 g/mol. The molecule has 0 aliphatic heterocycles. The Morgan fingerprint density at radius 1 is 1.38 bits per heavy atom. The quantitative estimate of drug-likeness (QED) is 0.807. The summed E-state index contributed by atoms with van der Waals surface area (Å²) in [6.07, 6.45) is 8.06. The summed E-state index contributed by atoms with van der Waals surface area (Å²) in [7, 11) is 0. The van der Waals surface area contributed by atoms with Gasteiger partial charge in [-0.3, -0.25) is 4.79 Å². The molecule has 1 aliphatic rings. The maximum absolute atomic E-state index is 12.1. The first kappa shape index (κ1) is 16.4. The number of carbonyl (C=O) groups is 1. The Morgan fingerprint density at radius 3 is 2.83 bits per heavy atom. The van der Waals surface area contributed by atoms with Crippen molar-refractivity contribution >= 4 is 11.6 Å². The van der Waals surface area contributed by atoms with Crippen LogP contribution in [-0.4, -0.2) is 26.7 Å². The molecule has 1 fully saturated rings. The first-order valence-electron chi connectivity index (χ1n) is 8.53. The average Bonchev–Trinajstić information content (AvgIpc) is 2.98. The molecular weight excluding hydrogens is 304 g/mol. The highest BCUT2D eigenvalue weighted by molar-refractivity contribution is 5.70. The molecular formula is C18H22N4O2. The van der Waals surface area contributed by atoms with Crippen LogP contribution in [0.15, 0.2) is 6.20 Å². The van der Waals surface area contributed by atoms with Crippen molar-refractivity contribution in [2.45, 2.75) is 64.9 Å². The van der Waals surface area contributed by atoms with Gasteiger partial charge in [-0.1, -0.05) is 6.42 Å². The number of hydrogen-bond acceptors (Lipinski definition) is 5. The molecule has 0 radical (unpaired) electrons. The van der Waals surface area contributed by atoms with Gasteiger partial charge in [-0.05, 0) is 51.5 Å². The molecule has 0 bridgehead atoms. The number of aromatic nitrogens is 3. The zero-order chi connectivity index (χ0) is 17.1. The van der Waals surface area contributed by atoms with Gasteiger partial charge in [0.05, 0.1) is 6.20 Å². The van der Waals surface area contributed by atoms with Gasteiger partial charge in [0.1, 0.15) is 17.7 Å². The van der Waals surface area contributed by atoms with E-state index in [1.54, 1.807) is 4.52 Å². The number of aryl methyl sites for hydroxylation is 2. The second kappa shape index (κ2) is 7.00. The summed E-state index contributed by atoms with van der Waals surface area (Å²) in [6, 6.07) is 2.10. The summed E-state index contributed by atoms with van der Waals surface area (Å²) in [5, 5.41) is 13.3. The molecule has 6 heteroatoms. The molecule has 2 aromatic rings. The van der Waals surface area contributed by atoms with Gasteiger partial charge in [-0.15, -0.1) is 0 Å². The van der Waals surface area contributed by atoms with Crippen molar-refractivity contribution in [3.8, 4) is 6.07 Å². The van der Waals surface area contributed by atoms with Crippen molar-refractivity contribution in [3.05, 3.63) is 28.7 Å². The number of rotatable bonds is 4. The highest BCUT2D eigenvalue weighted by atomic mass is 16.5. The zero-order valence-corrected chi connectivity index (χ0v) is 14.2. The van der Waals surface area contributed by atoms with Gasteiger partial charge in [0.15, 0.2) is 5.65 Å². The third-order valence-corrected chi connectivity index (χ3v) is 4.76. The molecule has 0 unspecified atom stereocenters. The summed E-state index contributed by atoms with van der Waals surface area (Å²) in [5.41, 5.74) is 3.79. The fraction of sp³-hybridized carbons (Fsp3) is 0.556. The van der Waals surface area contributed by atoms with Crippen LogP contribution in [0.5, 0.6) is 0 Å². The molecule has 1 saturated carbocycles. The third-order valence-electron chi connectivity index (χ3n) is 4.76. The number of carbonyl (C=O) groups excluding carboxylic acids is 1. The second-order valence-electron chi connectivity index (χ2n) is 6.42. The van der Waals surface area contributed by atoms with Gasteiger partial charge in [-0.25, -0.2) is 9.50 Å². The first-order chi connectivity index (χ1) is 11.6. The van der Waals surface area contributed by atoms with Crippen molar-refractivity contribution in [2.24, 2.45) is 0 Å². The van der Waals surface area contributed by atoms with Crippen molar-refractivity contribution < 1.29 is 9.53 Å². The van der Waals surface area contributed by atoms with E-state index in [2.05, 4.69) is 16.2 Å². The molecule has 0 amide bonds. The van der Waals surface area contributed by atoms with Crippen LogP contribution in [0.3, 0.4) is 0 Å². The van der Waals surface area contributed by atoms with E-state index in [0.717, 1.165) is 42.6 Å². The fourth-order valence-corrected chi connectivity index (χ4v) is 3.41. The number of nitriles is 1. The van der Waals surface area contributed by atoms with Gasteiger partial charge in [0, 0.05) is 17.8 Å². The molecule has 0 N–H and O–H groups in total. The lowest BCUT2D eigenvalue weighted by Crippen LogP contribution is -2.21. The maximum atomic E-state index is 12.1. The molecule has 6 nitrogen and oxygen atoms in total. The van der Waals surface area contributed by atoms with Gasteiger partial charge >= 0.3 is 5.97 Å². The Hall–Kier alpha value is -2.42. The van der Waals surface area contributed by atoms with Crippen LogP contribution in [0.25, 0.3) is 5.65 Å². The molecule has 3 rings (SSSR count). The summed E-state index contributed by atoms with van der Waals surface area (Å²) in [5.74, 6) is -0.140. The number of fused-ring (bicyclic) bond motifs is 1. The molecule has 0 aromatic carbocycles. The molecule has 24 heavy (non-hydrogen) atoms. The fourth-order valence-electron chi connectivity index (χ4n) is 3.41. The highest BCUT2D eigenvalue weighted by Gasteiger charge is 2.19. The Bertz CT molecular complexity index is 797. The van der Waals surface area contributed by atoms with E-state index in [1.165, 1.54) is 12.6 Å². The van der Waals surface area contributed by atoms with E-state index >= 15 is 0 Å². The second-order valence-corrected chi connectivity index (χ2v) is 6.42. The summed E-state index contributed by atoms with van der Waals surface area (Å²) in [4.78, 5) is 16.6. The topological polar surface area (TPSA) is 80.3 Å². The average molecular weight is 326 g/mol. The molecule has 0 atom stereocenters. The lowest BCUT2D eigenvalue weighted by atomic mass is 9.98. The number of esters is 1. The zero-order valence-electron chi connectivity index (χ0n) is 14.2. The van der Waals surface area contributed by atoms with Gasteiger partial charge < -0.3 is 4.74 Å². The summed E-state index contributed by atoms with van der Waals surface area (Å²) >= 11 is 0. The van der Waals surface area contributed by atoms with Crippen LogP contribution in [-0.2, 0) is 16.0 Å². The summed E-state index contributed by atoms with van der Waals surface area (Å²) < 4.78 is 7.25. The summed E-state index contributed by atoms with van der Waals surface area (Å²) in [6.45, 7) is 3.85. The SMILES string of the molecule is Cc1nc2c(C#N)cnn2c(C)c1CCC(=O)OC1CCCCC1. The minimum atomic E-state index is -0.140.